The van der Waals surface area contributed by atoms with Crippen LogP contribution in [0.3, 0.4) is 0 Å². The maximum atomic E-state index is 13.5. The van der Waals surface area contributed by atoms with E-state index in [0.717, 1.165) is 16.8 Å². The summed E-state index contributed by atoms with van der Waals surface area (Å²) >= 11 is 0. The third-order valence-electron chi connectivity index (χ3n) is 5.86. The van der Waals surface area contributed by atoms with E-state index >= 15 is 0 Å². The Labute approximate surface area is 199 Å². The molecule has 0 fully saturated rings. The number of hydrogen-bond acceptors (Lipinski definition) is 5. The summed E-state index contributed by atoms with van der Waals surface area (Å²) in [5, 5.41) is 0. The number of amides is 1. The van der Waals surface area contributed by atoms with Gasteiger partial charge in [-0.2, -0.15) is 0 Å². The number of anilines is 1. The minimum atomic E-state index is -0.546. The summed E-state index contributed by atoms with van der Waals surface area (Å²) in [7, 11) is 3.16. The van der Waals surface area contributed by atoms with Crippen molar-refractivity contribution in [2.45, 2.75) is 26.3 Å². The van der Waals surface area contributed by atoms with Gasteiger partial charge in [0.1, 0.15) is 17.2 Å². The molecule has 0 unspecified atom stereocenters. The van der Waals surface area contributed by atoms with Gasteiger partial charge in [-0.3, -0.25) is 9.69 Å². The first-order valence-electron chi connectivity index (χ1n) is 10.9. The molecule has 0 saturated carbocycles. The molecule has 1 amide bonds. The van der Waals surface area contributed by atoms with Crippen molar-refractivity contribution in [3.8, 4) is 17.2 Å². The van der Waals surface area contributed by atoms with Gasteiger partial charge in [0.05, 0.1) is 31.0 Å². The zero-order valence-corrected chi connectivity index (χ0v) is 19.9. The molecule has 0 spiro atoms. The molecule has 1 heterocycles. The average Bonchev–Trinajstić information content (AvgIpc) is 2.83. The molecular formula is C28H27NO5. The molecule has 6 nitrogen and oxygen atoms in total. The number of rotatable bonds is 5. The van der Waals surface area contributed by atoms with Gasteiger partial charge < -0.3 is 14.2 Å². The van der Waals surface area contributed by atoms with Gasteiger partial charge in [-0.1, -0.05) is 6.08 Å². The third-order valence-corrected chi connectivity index (χ3v) is 5.86. The van der Waals surface area contributed by atoms with Crippen LogP contribution in [0.2, 0.25) is 0 Å². The second kappa shape index (κ2) is 9.06. The fourth-order valence-corrected chi connectivity index (χ4v) is 4.20. The molecule has 1 aliphatic rings. The first kappa shape index (κ1) is 23.1. The Morgan fingerprint density at radius 3 is 1.85 bits per heavy atom. The maximum absolute atomic E-state index is 13.5. The van der Waals surface area contributed by atoms with E-state index in [0.29, 0.717) is 28.4 Å². The number of fused-ring (bicyclic) bond motifs is 1. The number of hydrogen-bond donors (Lipinski definition) is 0. The Bertz CT molecular complexity index is 1260. The fourth-order valence-electron chi connectivity index (χ4n) is 4.20. The van der Waals surface area contributed by atoms with Crippen molar-refractivity contribution in [2.75, 3.05) is 19.1 Å². The maximum Gasteiger partial charge on any atom is 0.343 e. The van der Waals surface area contributed by atoms with Gasteiger partial charge in [-0.25, -0.2) is 4.79 Å². The van der Waals surface area contributed by atoms with E-state index in [9.17, 15) is 9.59 Å². The number of nitrogens with zero attached hydrogens (tertiary/aromatic N) is 1. The molecule has 0 aromatic heterocycles. The monoisotopic (exact) mass is 457 g/mol. The number of esters is 1. The molecule has 3 aromatic rings. The minimum Gasteiger partial charge on any atom is -0.497 e. The molecule has 34 heavy (non-hydrogen) atoms. The standard InChI is InChI=1S/C28H27NO5/c1-18-17-28(2,3)29(26(30)19-6-10-21(32-4)11-7-19)25-15-14-23(16-24(18)25)34-27(31)20-8-12-22(33-5)13-9-20/h6-17H,1-5H3. The van der Waals surface area contributed by atoms with E-state index in [4.69, 9.17) is 14.2 Å². The third kappa shape index (κ3) is 4.39. The van der Waals surface area contributed by atoms with Crippen LogP contribution in [0.25, 0.3) is 5.57 Å². The van der Waals surface area contributed by atoms with Crippen molar-refractivity contribution in [3.05, 3.63) is 89.5 Å². The zero-order chi connectivity index (χ0) is 24.5. The summed E-state index contributed by atoms with van der Waals surface area (Å²) in [6.07, 6.45) is 2.05. The molecule has 6 heteroatoms. The first-order valence-corrected chi connectivity index (χ1v) is 10.9. The molecule has 0 aliphatic carbocycles. The van der Waals surface area contributed by atoms with E-state index < -0.39 is 11.5 Å². The van der Waals surface area contributed by atoms with E-state index in [1.54, 1.807) is 79.8 Å². The molecule has 0 radical (unpaired) electrons. The second-order valence-electron chi connectivity index (χ2n) is 8.65. The van der Waals surface area contributed by atoms with Gasteiger partial charge in [-0.15, -0.1) is 0 Å². The van der Waals surface area contributed by atoms with Crippen molar-refractivity contribution >= 4 is 23.1 Å². The predicted octanol–water partition coefficient (Wildman–Crippen LogP) is 5.77. The molecule has 0 bridgehead atoms. The number of carbonyl (C=O) groups excluding carboxylic acids is 2. The van der Waals surface area contributed by atoms with E-state index in [-0.39, 0.29) is 5.91 Å². The van der Waals surface area contributed by atoms with E-state index in [2.05, 4.69) is 0 Å². The van der Waals surface area contributed by atoms with E-state index in [1.807, 2.05) is 32.9 Å². The van der Waals surface area contributed by atoms with Gasteiger partial charge in [-0.05, 0) is 93.1 Å². The lowest BCUT2D eigenvalue weighted by atomic mass is 9.88. The Balaban J connectivity index is 1.65. The topological polar surface area (TPSA) is 65.1 Å². The number of allylic oxidation sites excluding steroid dienone is 1. The van der Waals surface area contributed by atoms with Gasteiger partial charge in [0.25, 0.3) is 5.91 Å². The quantitative estimate of drug-likeness (QED) is 0.360. The fraction of sp³-hybridized carbons (Fsp3) is 0.214. The van der Waals surface area contributed by atoms with Crippen LogP contribution in [0.15, 0.2) is 72.8 Å². The Morgan fingerprint density at radius 1 is 0.765 bits per heavy atom. The normalized spacial score (nSPS) is 14.0. The summed E-state index contributed by atoms with van der Waals surface area (Å²) in [5.41, 5.74) is 3.03. The lowest BCUT2D eigenvalue weighted by Crippen LogP contribution is -2.49. The Kier molecular flexibility index (Phi) is 6.16. The van der Waals surface area contributed by atoms with Crippen LogP contribution >= 0.6 is 0 Å². The van der Waals surface area contributed by atoms with Crippen LogP contribution in [0, 0.1) is 0 Å². The largest absolute Gasteiger partial charge is 0.497 e. The van der Waals surface area contributed by atoms with Crippen molar-refractivity contribution in [2.24, 2.45) is 0 Å². The molecule has 0 N–H and O–H groups in total. The minimum absolute atomic E-state index is 0.124. The average molecular weight is 458 g/mol. The molecule has 3 aromatic carbocycles. The number of ether oxygens (including phenoxy) is 3. The molecule has 1 aliphatic heterocycles. The van der Waals surface area contributed by atoms with Crippen LogP contribution in [0.5, 0.6) is 17.2 Å². The highest BCUT2D eigenvalue weighted by Gasteiger charge is 2.36. The molecule has 0 atom stereocenters. The summed E-state index contributed by atoms with van der Waals surface area (Å²) in [6, 6.07) is 19.1. The van der Waals surface area contributed by atoms with Crippen LogP contribution < -0.4 is 19.1 Å². The summed E-state index contributed by atoms with van der Waals surface area (Å²) in [6.45, 7) is 5.99. The van der Waals surface area contributed by atoms with Crippen molar-refractivity contribution < 1.29 is 23.8 Å². The van der Waals surface area contributed by atoms with Gasteiger partial charge in [0.2, 0.25) is 0 Å². The number of benzene rings is 3. The number of methoxy groups -OCH3 is 2. The molecule has 0 saturated heterocycles. The Hall–Kier alpha value is -4.06. The summed E-state index contributed by atoms with van der Waals surface area (Å²) in [5.74, 6) is 1.17. The molecule has 4 rings (SSSR count). The van der Waals surface area contributed by atoms with Crippen molar-refractivity contribution in [1.82, 2.24) is 0 Å². The first-order chi connectivity index (χ1) is 16.2. The summed E-state index contributed by atoms with van der Waals surface area (Å²) in [4.78, 5) is 27.9. The van der Waals surface area contributed by atoms with Crippen LogP contribution in [0.1, 0.15) is 47.1 Å². The van der Waals surface area contributed by atoms with Crippen LogP contribution in [-0.4, -0.2) is 31.6 Å². The Morgan fingerprint density at radius 2 is 1.29 bits per heavy atom. The molecular weight excluding hydrogens is 430 g/mol. The predicted molar refractivity (Wildman–Crippen MR) is 132 cm³/mol. The summed E-state index contributed by atoms with van der Waals surface area (Å²) < 4.78 is 16.0. The lowest BCUT2D eigenvalue weighted by molar-refractivity contribution is 0.0734. The number of carbonyl (C=O) groups is 2. The highest BCUT2D eigenvalue weighted by Crippen LogP contribution is 2.41. The van der Waals surface area contributed by atoms with Crippen LogP contribution in [-0.2, 0) is 0 Å². The molecule has 174 valence electrons. The van der Waals surface area contributed by atoms with Crippen LogP contribution in [0.4, 0.5) is 5.69 Å². The SMILES string of the molecule is COc1ccc(C(=O)Oc2ccc3c(c2)C(C)=CC(C)(C)N3C(=O)c2ccc(OC)cc2)cc1. The highest BCUT2D eigenvalue weighted by atomic mass is 16.5. The van der Waals surface area contributed by atoms with Crippen molar-refractivity contribution in [3.63, 3.8) is 0 Å². The van der Waals surface area contributed by atoms with E-state index in [1.165, 1.54) is 0 Å². The van der Waals surface area contributed by atoms with Gasteiger partial charge in [0, 0.05) is 11.1 Å². The second-order valence-corrected chi connectivity index (χ2v) is 8.65. The smallest absolute Gasteiger partial charge is 0.343 e. The zero-order valence-electron chi connectivity index (χ0n) is 19.9. The lowest BCUT2D eigenvalue weighted by Gasteiger charge is -2.41. The highest BCUT2D eigenvalue weighted by molar-refractivity contribution is 6.10. The van der Waals surface area contributed by atoms with Gasteiger partial charge in [0.15, 0.2) is 0 Å². The van der Waals surface area contributed by atoms with Gasteiger partial charge >= 0.3 is 5.97 Å². The van der Waals surface area contributed by atoms with Crippen molar-refractivity contribution in [1.29, 1.82) is 0 Å².